The first-order valence-electron chi connectivity index (χ1n) is 6.85. The van der Waals surface area contributed by atoms with Gasteiger partial charge in [-0.05, 0) is 24.1 Å². The Morgan fingerprint density at radius 1 is 1.16 bits per heavy atom. The predicted molar refractivity (Wildman–Crippen MR) is 77.2 cm³/mol. The van der Waals surface area contributed by atoms with Crippen LogP contribution in [0.3, 0.4) is 0 Å². The molecule has 19 heavy (non-hydrogen) atoms. The highest BCUT2D eigenvalue weighted by Crippen LogP contribution is 2.40. The number of hydrogen-bond donors (Lipinski definition) is 0. The van der Waals surface area contributed by atoms with E-state index in [0.717, 1.165) is 44.3 Å². The van der Waals surface area contributed by atoms with Gasteiger partial charge >= 0.3 is 0 Å². The van der Waals surface area contributed by atoms with Crippen LogP contribution in [0.25, 0.3) is 0 Å². The van der Waals surface area contributed by atoms with Crippen molar-refractivity contribution in [2.45, 2.75) is 18.2 Å². The number of alkyl halides is 1. The standard InChI is InChI=1S/C15H19BrO3/c1-10-7-18-13-3-2-11(6-14(13)19-8-10)15(16)12-4-5-17-9-12/h2-3,6,10,12,15H,4-5,7-9H2,1H3. The highest BCUT2D eigenvalue weighted by Gasteiger charge is 2.26. The molecule has 0 aromatic heterocycles. The van der Waals surface area contributed by atoms with Crippen LogP contribution in [0, 0.1) is 11.8 Å². The van der Waals surface area contributed by atoms with Gasteiger partial charge in [-0.25, -0.2) is 0 Å². The van der Waals surface area contributed by atoms with Crippen LogP contribution >= 0.6 is 15.9 Å². The maximum absolute atomic E-state index is 5.84. The van der Waals surface area contributed by atoms with Crippen molar-refractivity contribution < 1.29 is 14.2 Å². The van der Waals surface area contributed by atoms with Crippen molar-refractivity contribution in [1.82, 2.24) is 0 Å². The zero-order chi connectivity index (χ0) is 13.2. The average molecular weight is 327 g/mol. The Balaban J connectivity index is 1.80. The van der Waals surface area contributed by atoms with E-state index in [0.29, 0.717) is 16.7 Å². The first-order chi connectivity index (χ1) is 9.24. The maximum Gasteiger partial charge on any atom is 0.161 e. The van der Waals surface area contributed by atoms with Gasteiger partial charge in [-0.2, -0.15) is 0 Å². The largest absolute Gasteiger partial charge is 0.489 e. The van der Waals surface area contributed by atoms with Crippen molar-refractivity contribution in [3.05, 3.63) is 23.8 Å². The SMILES string of the molecule is CC1COc2ccc(C(Br)C3CCOC3)cc2OC1. The van der Waals surface area contributed by atoms with Gasteiger partial charge < -0.3 is 14.2 Å². The topological polar surface area (TPSA) is 27.7 Å². The Morgan fingerprint density at radius 3 is 2.68 bits per heavy atom. The summed E-state index contributed by atoms with van der Waals surface area (Å²) in [5.74, 6) is 2.70. The fourth-order valence-electron chi connectivity index (χ4n) is 2.50. The first-order valence-corrected chi connectivity index (χ1v) is 7.77. The molecule has 0 amide bonds. The maximum atomic E-state index is 5.84. The lowest BCUT2D eigenvalue weighted by molar-refractivity contribution is 0.185. The molecule has 3 rings (SSSR count). The van der Waals surface area contributed by atoms with E-state index in [1.807, 2.05) is 6.07 Å². The van der Waals surface area contributed by atoms with Crippen molar-refractivity contribution in [3.8, 4) is 11.5 Å². The quantitative estimate of drug-likeness (QED) is 0.778. The fourth-order valence-corrected chi connectivity index (χ4v) is 3.20. The second-order valence-corrected chi connectivity index (χ2v) is 6.45. The van der Waals surface area contributed by atoms with Crippen molar-refractivity contribution in [2.75, 3.05) is 26.4 Å². The van der Waals surface area contributed by atoms with Crippen molar-refractivity contribution in [2.24, 2.45) is 11.8 Å². The van der Waals surface area contributed by atoms with E-state index >= 15 is 0 Å². The molecule has 4 heteroatoms. The first kappa shape index (κ1) is 13.3. The summed E-state index contributed by atoms with van der Waals surface area (Å²) in [4.78, 5) is 0.324. The smallest absolute Gasteiger partial charge is 0.161 e. The molecule has 3 atom stereocenters. The van der Waals surface area contributed by atoms with Gasteiger partial charge in [0.15, 0.2) is 11.5 Å². The number of hydrogen-bond acceptors (Lipinski definition) is 3. The van der Waals surface area contributed by atoms with Crippen molar-refractivity contribution >= 4 is 15.9 Å². The highest BCUT2D eigenvalue weighted by molar-refractivity contribution is 9.09. The molecular formula is C15H19BrO3. The van der Waals surface area contributed by atoms with Gasteiger partial charge in [-0.3, -0.25) is 0 Å². The molecule has 1 saturated heterocycles. The molecule has 1 fully saturated rings. The van der Waals surface area contributed by atoms with Crippen LogP contribution in [0.1, 0.15) is 23.7 Å². The molecule has 0 bridgehead atoms. The number of benzene rings is 1. The molecule has 0 aliphatic carbocycles. The van der Waals surface area contributed by atoms with Crippen molar-refractivity contribution in [3.63, 3.8) is 0 Å². The van der Waals surface area contributed by atoms with Gasteiger partial charge in [0.25, 0.3) is 0 Å². The summed E-state index contributed by atoms with van der Waals surface area (Å²) in [5, 5.41) is 0. The van der Waals surface area contributed by atoms with Crippen LogP contribution in [-0.2, 0) is 4.74 Å². The number of fused-ring (bicyclic) bond motifs is 1. The lowest BCUT2D eigenvalue weighted by atomic mass is 9.98. The van der Waals surface area contributed by atoms with Gasteiger partial charge in [0.1, 0.15) is 0 Å². The zero-order valence-corrected chi connectivity index (χ0v) is 12.7. The normalized spacial score (nSPS) is 27.9. The predicted octanol–water partition coefficient (Wildman–Crippen LogP) is 3.57. The second kappa shape index (κ2) is 5.71. The highest BCUT2D eigenvalue weighted by atomic mass is 79.9. The summed E-state index contributed by atoms with van der Waals surface area (Å²) in [6.45, 7) is 5.28. The molecule has 0 radical (unpaired) electrons. The molecule has 3 nitrogen and oxygen atoms in total. The molecule has 3 unspecified atom stereocenters. The van der Waals surface area contributed by atoms with E-state index in [1.54, 1.807) is 0 Å². The van der Waals surface area contributed by atoms with E-state index in [1.165, 1.54) is 5.56 Å². The molecule has 104 valence electrons. The minimum absolute atomic E-state index is 0.324. The Hall–Kier alpha value is -0.740. The molecule has 1 aromatic carbocycles. The van der Waals surface area contributed by atoms with E-state index in [-0.39, 0.29) is 0 Å². The van der Waals surface area contributed by atoms with Gasteiger partial charge in [0, 0.05) is 23.3 Å². The Bertz CT molecular complexity index is 443. The van der Waals surface area contributed by atoms with Gasteiger partial charge in [-0.1, -0.05) is 28.9 Å². The zero-order valence-electron chi connectivity index (χ0n) is 11.1. The Labute approximate surface area is 122 Å². The van der Waals surface area contributed by atoms with Crippen molar-refractivity contribution in [1.29, 1.82) is 0 Å². The summed E-state index contributed by atoms with van der Waals surface area (Å²) < 4.78 is 17.1. The van der Waals surface area contributed by atoms with E-state index in [9.17, 15) is 0 Å². The summed E-state index contributed by atoms with van der Waals surface area (Å²) in [7, 11) is 0. The Kier molecular flexibility index (Phi) is 3.99. The minimum Gasteiger partial charge on any atom is -0.489 e. The molecule has 0 N–H and O–H groups in total. The summed E-state index contributed by atoms with van der Waals surface area (Å²) in [6, 6.07) is 6.24. The van der Waals surface area contributed by atoms with Crippen LogP contribution in [-0.4, -0.2) is 26.4 Å². The van der Waals surface area contributed by atoms with E-state index < -0.39 is 0 Å². The van der Waals surface area contributed by atoms with Gasteiger partial charge in [0.05, 0.1) is 19.8 Å². The second-order valence-electron chi connectivity index (χ2n) is 5.46. The van der Waals surface area contributed by atoms with Crippen LogP contribution in [0.5, 0.6) is 11.5 Å². The fraction of sp³-hybridized carbons (Fsp3) is 0.600. The lowest BCUT2D eigenvalue weighted by Crippen LogP contribution is -2.12. The monoisotopic (exact) mass is 326 g/mol. The van der Waals surface area contributed by atoms with Crippen LogP contribution < -0.4 is 9.47 Å². The minimum atomic E-state index is 0.324. The number of halogens is 1. The van der Waals surface area contributed by atoms with Gasteiger partial charge in [0.2, 0.25) is 0 Å². The summed E-state index contributed by atoms with van der Waals surface area (Å²) in [5.41, 5.74) is 1.24. The third-order valence-electron chi connectivity index (χ3n) is 3.71. The summed E-state index contributed by atoms with van der Waals surface area (Å²) in [6.07, 6.45) is 1.11. The summed E-state index contributed by atoms with van der Waals surface area (Å²) >= 11 is 3.80. The molecular weight excluding hydrogens is 308 g/mol. The molecule has 2 aliphatic heterocycles. The lowest BCUT2D eigenvalue weighted by Gasteiger charge is -2.17. The number of rotatable bonds is 2. The third-order valence-corrected chi connectivity index (χ3v) is 4.99. The molecule has 0 spiro atoms. The Morgan fingerprint density at radius 2 is 1.95 bits per heavy atom. The van der Waals surface area contributed by atoms with Crippen LogP contribution in [0.15, 0.2) is 18.2 Å². The molecule has 2 heterocycles. The molecule has 1 aromatic rings. The van der Waals surface area contributed by atoms with Crippen LogP contribution in [0.2, 0.25) is 0 Å². The van der Waals surface area contributed by atoms with Crippen LogP contribution in [0.4, 0.5) is 0 Å². The van der Waals surface area contributed by atoms with E-state index in [2.05, 4.69) is 35.0 Å². The van der Waals surface area contributed by atoms with E-state index in [4.69, 9.17) is 14.2 Å². The average Bonchev–Trinajstić information content (AvgIpc) is 2.90. The number of ether oxygens (including phenoxy) is 3. The molecule has 2 aliphatic rings. The third kappa shape index (κ3) is 2.90. The van der Waals surface area contributed by atoms with Gasteiger partial charge in [-0.15, -0.1) is 0 Å². The molecule has 0 saturated carbocycles.